The fraction of sp³-hybridized carbons (Fsp3) is 0.294. The maximum atomic E-state index is 12.1. The van der Waals surface area contributed by atoms with Crippen LogP contribution < -0.4 is 10.6 Å². The number of nitrogens with one attached hydrogen (secondary N) is 2. The molecule has 0 radical (unpaired) electrons. The zero-order valence-corrected chi connectivity index (χ0v) is 14.6. The van der Waals surface area contributed by atoms with E-state index in [1.807, 2.05) is 57.4 Å². The molecule has 1 unspecified atom stereocenters. The van der Waals surface area contributed by atoms with Gasteiger partial charge in [-0.05, 0) is 41.3 Å². The first kappa shape index (κ1) is 15.7. The number of hydrogen-bond donors (Lipinski definition) is 2. The molecule has 1 aromatic carbocycles. The van der Waals surface area contributed by atoms with Crippen molar-refractivity contribution in [2.75, 3.05) is 24.7 Å². The number of amides is 1. The fourth-order valence-electron chi connectivity index (χ4n) is 3.15. The lowest BCUT2D eigenvalue weighted by Gasteiger charge is -2.28. The number of rotatable bonds is 2. The summed E-state index contributed by atoms with van der Waals surface area (Å²) in [6.45, 7) is 3.84. The number of anilines is 2. The Hall–Kier alpha value is -2.84. The van der Waals surface area contributed by atoms with Gasteiger partial charge in [0.25, 0.3) is 5.96 Å². The van der Waals surface area contributed by atoms with E-state index in [2.05, 4.69) is 25.7 Å². The number of amidine groups is 1. The van der Waals surface area contributed by atoms with Gasteiger partial charge in [-0.15, -0.1) is 10.0 Å². The monoisotopic (exact) mass is 338 g/mol. The molecule has 8 nitrogen and oxygen atoms in total. The number of aliphatic imine (C=N–C) groups is 2. The number of quaternary nitrogens is 1. The van der Waals surface area contributed by atoms with Crippen molar-refractivity contribution >= 4 is 35.3 Å². The lowest BCUT2D eigenvalue weighted by molar-refractivity contribution is -0.910. The number of hydrogen-bond acceptors (Lipinski definition) is 6. The van der Waals surface area contributed by atoms with Crippen LogP contribution >= 0.6 is 0 Å². The summed E-state index contributed by atoms with van der Waals surface area (Å²) in [4.78, 5) is 20.8. The summed E-state index contributed by atoms with van der Waals surface area (Å²) in [5, 5.41) is 12.8. The molecular formula is C17H20N7O+. The van der Waals surface area contributed by atoms with E-state index in [1.165, 1.54) is 0 Å². The fourth-order valence-corrected chi connectivity index (χ4v) is 3.15. The van der Waals surface area contributed by atoms with Crippen LogP contribution in [0.4, 0.5) is 11.4 Å². The van der Waals surface area contributed by atoms with Gasteiger partial charge in [0.05, 0.1) is 11.6 Å². The van der Waals surface area contributed by atoms with E-state index in [4.69, 9.17) is 0 Å². The van der Waals surface area contributed by atoms with Gasteiger partial charge in [-0.25, -0.2) is 0 Å². The summed E-state index contributed by atoms with van der Waals surface area (Å²) in [7, 11) is 3.86. The highest BCUT2D eigenvalue weighted by atomic mass is 16.2. The molecule has 0 aliphatic carbocycles. The van der Waals surface area contributed by atoms with E-state index in [-0.39, 0.29) is 10.6 Å². The second-order valence-corrected chi connectivity index (χ2v) is 6.93. The molecule has 3 aliphatic rings. The quantitative estimate of drug-likeness (QED) is 0.808. The summed E-state index contributed by atoms with van der Waals surface area (Å²) in [5.74, 6) is 1.21. The highest BCUT2D eigenvalue weighted by Gasteiger charge is 2.43. The lowest BCUT2D eigenvalue weighted by Crippen LogP contribution is -2.52. The van der Waals surface area contributed by atoms with Crippen LogP contribution in [0.5, 0.6) is 0 Å². The van der Waals surface area contributed by atoms with Crippen molar-refractivity contribution in [2.45, 2.75) is 19.3 Å². The third kappa shape index (κ3) is 2.22. The molecule has 0 fully saturated rings. The lowest BCUT2D eigenvalue weighted by atomic mass is 9.86. The van der Waals surface area contributed by atoms with Gasteiger partial charge >= 0.3 is 5.84 Å². The van der Waals surface area contributed by atoms with Gasteiger partial charge in [0, 0.05) is 25.5 Å². The standard InChI is InChI=1S/C17H19N7O/c1-17(2)12-6-5-11(9-13(12)20-15(17)25)19-16-21-14-10-18-7-8-24(14,22-16)23(3)4/h5-10H,1-4H3,(H-,19,20,22,25)/p+1. The maximum absolute atomic E-state index is 12.1. The molecule has 1 atom stereocenters. The zero-order chi connectivity index (χ0) is 17.8. The van der Waals surface area contributed by atoms with Crippen LogP contribution in [0.1, 0.15) is 19.4 Å². The molecule has 8 heteroatoms. The van der Waals surface area contributed by atoms with Gasteiger partial charge in [-0.2, -0.15) is 0 Å². The third-order valence-corrected chi connectivity index (χ3v) is 4.73. The van der Waals surface area contributed by atoms with E-state index >= 15 is 0 Å². The van der Waals surface area contributed by atoms with E-state index in [1.54, 1.807) is 12.4 Å². The van der Waals surface area contributed by atoms with Gasteiger partial charge in [0.2, 0.25) is 5.91 Å². The molecule has 2 N–H and O–H groups in total. The molecule has 3 aliphatic heterocycles. The number of guanidine groups is 1. The van der Waals surface area contributed by atoms with Gasteiger partial charge < -0.3 is 10.6 Å². The highest BCUT2D eigenvalue weighted by molar-refractivity contribution is 6.30. The van der Waals surface area contributed by atoms with Crippen molar-refractivity contribution in [3.8, 4) is 0 Å². The van der Waals surface area contributed by atoms with Gasteiger partial charge in [0.1, 0.15) is 6.21 Å². The average molecular weight is 338 g/mol. The Morgan fingerprint density at radius 2 is 2.08 bits per heavy atom. The predicted molar refractivity (Wildman–Crippen MR) is 98.2 cm³/mol. The predicted octanol–water partition coefficient (Wildman–Crippen LogP) is 1.86. The van der Waals surface area contributed by atoms with Crippen LogP contribution in [0, 0.1) is 0 Å². The molecule has 0 saturated heterocycles. The Balaban J connectivity index is 1.65. The molecule has 0 saturated carbocycles. The molecule has 4 rings (SSSR count). The average Bonchev–Trinajstić information content (AvgIpc) is 3.03. The number of fused-ring (bicyclic) bond motifs is 2. The van der Waals surface area contributed by atoms with Crippen LogP contribution in [-0.2, 0) is 10.2 Å². The normalized spacial score (nSPS) is 25.4. The third-order valence-electron chi connectivity index (χ3n) is 4.73. The van der Waals surface area contributed by atoms with Gasteiger partial charge in [-0.3, -0.25) is 9.79 Å². The SMILES string of the molecule is CN(C)[N+]12C=CN=CC1=NC(Nc1ccc3c(c1)NC(=O)C3(C)C)=N2. The second kappa shape index (κ2) is 5.08. The Kier molecular flexibility index (Phi) is 3.18. The Morgan fingerprint density at radius 3 is 2.80 bits per heavy atom. The first-order valence-corrected chi connectivity index (χ1v) is 8.03. The number of carbonyl (C=O) groups is 1. The van der Waals surface area contributed by atoms with Crippen LogP contribution in [0.15, 0.2) is 45.7 Å². The Bertz CT molecular complexity index is 894. The smallest absolute Gasteiger partial charge is 0.301 e. The minimum Gasteiger partial charge on any atom is -0.325 e. The molecule has 0 bridgehead atoms. The largest absolute Gasteiger partial charge is 0.325 e. The summed E-state index contributed by atoms with van der Waals surface area (Å²) < 4.78 is 0.139. The topological polar surface area (TPSA) is 81.5 Å². The molecule has 0 aromatic heterocycles. The zero-order valence-electron chi connectivity index (χ0n) is 14.6. The van der Waals surface area contributed by atoms with E-state index in [0.717, 1.165) is 16.9 Å². The second-order valence-electron chi connectivity index (χ2n) is 6.93. The molecule has 1 aromatic rings. The highest BCUT2D eigenvalue weighted by Crippen LogP contribution is 2.38. The van der Waals surface area contributed by atoms with E-state index in [0.29, 0.717) is 11.8 Å². The van der Waals surface area contributed by atoms with Crippen LogP contribution in [0.25, 0.3) is 0 Å². The van der Waals surface area contributed by atoms with Crippen LogP contribution in [-0.4, -0.2) is 47.7 Å². The van der Waals surface area contributed by atoms with Crippen LogP contribution in [0.3, 0.4) is 0 Å². The first-order chi connectivity index (χ1) is 11.8. The van der Waals surface area contributed by atoms with Gasteiger partial charge in [0.15, 0.2) is 6.20 Å². The number of nitrogens with zero attached hydrogens (tertiary/aromatic N) is 5. The van der Waals surface area contributed by atoms with Crippen molar-refractivity contribution in [2.24, 2.45) is 15.1 Å². The summed E-state index contributed by atoms with van der Waals surface area (Å²) >= 11 is 0. The molecule has 25 heavy (non-hydrogen) atoms. The van der Waals surface area contributed by atoms with Crippen LogP contribution in [0.2, 0.25) is 0 Å². The molecular weight excluding hydrogens is 318 g/mol. The first-order valence-electron chi connectivity index (χ1n) is 8.03. The number of carbonyl (C=O) groups excluding carboxylic acids is 1. The summed E-state index contributed by atoms with van der Waals surface area (Å²) in [6.07, 6.45) is 5.26. The molecule has 3 heterocycles. The van der Waals surface area contributed by atoms with Crippen molar-refractivity contribution < 1.29 is 9.50 Å². The minimum absolute atomic E-state index is 0.00805. The molecule has 1 amide bonds. The summed E-state index contributed by atoms with van der Waals surface area (Å²) in [5.41, 5.74) is 2.12. The minimum atomic E-state index is -0.513. The van der Waals surface area contributed by atoms with Gasteiger partial charge in [-0.1, -0.05) is 6.07 Å². The summed E-state index contributed by atoms with van der Waals surface area (Å²) in [6, 6.07) is 5.81. The van der Waals surface area contributed by atoms with E-state index in [9.17, 15) is 4.79 Å². The molecule has 128 valence electrons. The van der Waals surface area contributed by atoms with E-state index < -0.39 is 5.41 Å². The van der Waals surface area contributed by atoms with Crippen molar-refractivity contribution in [1.29, 1.82) is 0 Å². The van der Waals surface area contributed by atoms with Crippen molar-refractivity contribution in [3.63, 3.8) is 0 Å². The molecule has 0 spiro atoms. The maximum Gasteiger partial charge on any atom is 0.301 e. The van der Waals surface area contributed by atoms with Crippen molar-refractivity contribution in [1.82, 2.24) is 5.01 Å². The number of benzene rings is 1. The van der Waals surface area contributed by atoms with Crippen molar-refractivity contribution in [3.05, 3.63) is 36.2 Å². The Morgan fingerprint density at radius 1 is 1.28 bits per heavy atom. The Labute approximate surface area is 145 Å².